The number of fused-ring (bicyclic) bond motifs is 2. The standard InChI is InChI=1S/C21H25N5O4S/c1-24-7-9-25(10-8-24)26-16-4-2-3-15(16)20(23-21(26)28)31-12-19(27)22-14-5-6-17-18(11-14)30-13-29-17/h5-6,11H,2-4,7-10,12-13H2,1H3,(H,22,27). The number of anilines is 1. The molecular formula is C21H25N5O4S. The van der Waals surface area contributed by atoms with Gasteiger partial charge in [-0.2, -0.15) is 4.98 Å². The summed E-state index contributed by atoms with van der Waals surface area (Å²) in [6, 6.07) is 5.30. The molecule has 0 spiro atoms. The molecule has 0 radical (unpaired) electrons. The average molecular weight is 444 g/mol. The van der Waals surface area contributed by atoms with E-state index in [1.165, 1.54) is 11.8 Å². The van der Waals surface area contributed by atoms with Crippen LogP contribution in [0.5, 0.6) is 11.5 Å². The zero-order valence-corrected chi connectivity index (χ0v) is 18.2. The van der Waals surface area contributed by atoms with Gasteiger partial charge in [0.25, 0.3) is 0 Å². The number of carbonyl (C=O) groups excluding carboxylic acids is 1. The van der Waals surface area contributed by atoms with Gasteiger partial charge in [0.2, 0.25) is 12.7 Å². The van der Waals surface area contributed by atoms with E-state index in [9.17, 15) is 9.59 Å². The quantitative estimate of drug-likeness (QED) is 0.543. The summed E-state index contributed by atoms with van der Waals surface area (Å²) in [4.78, 5) is 32.0. The molecule has 1 aliphatic carbocycles. The van der Waals surface area contributed by atoms with Gasteiger partial charge in [0, 0.05) is 43.5 Å². The number of nitrogens with zero attached hydrogens (tertiary/aromatic N) is 4. The van der Waals surface area contributed by atoms with Crippen molar-refractivity contribution in [1.82, 2.24) is 14.6 Å². The number of carbonyl (C=O) groups is 1. The molecule has 2 aromatic rings. The van der Waals surface area contributed by atoms with Crippen molar-refractivity contribution in [2.24, 2.45) is 0 Å². The minimum Gasteiger partial charge on any atom is -0.454 e. The van der Waals surface area contributed by atoms with Crippen LogP contribution >= 0.6 is 11.8 Å². The molecule has 0 bridgehead atoms. The van der Waals surface area contributed by atoms with Gasteiger partial charge in [0.1, 0.15) is 5.03 Å². The zero-order valence-electron chi connectivity index (χ0n) is 17.4. The number of amides is 1. The fourth-order valence-corrected chi connectivity index (χ4v) is 5.10. The molecule has 0 atom stereocenters. The lowest BCUT2D eigenvalue weighted by molar-refractivity contribution is -0.113. The number of rotatable bonds is 5. The Labute approximate surface area is 184 Å². The minimum absolute atomic E-state index is 0.152. The molecular weight excluding hydrogens is 418 g/mol. The Morgan fingerprint density at radius 2 is 1.97 bits per heavy atom. The van der Waals surface area contributed by atoms with Gasteiger partial charge in [-0.1, -0.05) is 11.8 Å². The first kappa shape index (κ1) is 20.2. The van der Waals surface area contributed by atoms with Crippen LogP contribution in [0.1, 0.15) is 17.7 Å². The highest BCUT2D eigenvalue weighted by Crippen LogP contribution is 2.34. The first-order chi connectivity index (χ1) is 15.1. The molecule has 1 fully saturated rings. The van der Waals surface area contributed by atoms with Crippen molar-refractivity contribution in [3.8, 4) is 11.5 Å². The van der Waals surface area contributed by atoms with Gasteiger partial charge in [-0.3, -0.25) is 4.79 Å². The van der Waals surface area contributed by atoms with Gasteiger partial charge in [0.15, 0.2) is 11.5 Å². The zero-order chi connectivity index (χ0) is 21.4. The van der Waals surface area contributed by atoms with E-state index in [4.69, 9.17) is 9.47 Å². The van der Waals surface area contributed by atoms with Crippen LogP contribution in [0.2, 0.25) is 0 Å². The molecule has 164 valence electrons. The Bertz CT molecular complexity index is 1060. The molecule has 31 heavy (non-hydrogen) atoms. The molecule has 5 rings (SSSR count). The second-order valence-electron chi connectivity index (χ2n) is 7.95. The highest BCUT2D eigenvalue weighted by atomic mass is 32.2. The lowest BCUT2D eigenvalue weighted by Crippen LogP contribution is -2.54. The number of nitrogens with one attached hydrogen (secondary N) is 1. The summed E-state index contributed by atoms with van der Waals surface area (Å²) >= 11 is 1.33. The maximum atomic E-state index is 12.9. The second kappa shape index (κ2) is 8.43. The Morgan fingerprint density at radius 3 is 2.81 bits per heavy atom. The summed E-state index contributed by atoms with van der Waals surface area (Å²) in [7, 11) is 2.09. The van der Waals surface area contributed by atoms with Crippen molar-refractivity contribution >= 4 is 23.4 Å². The van der Waals surface area contributed by atoms with E-state index >= 15 is 0 Å². The van der Waals surface area contributed by atoms with Crippen molar-refractivity contribution in [2.45, 2.75) is 24.3 Å². The number of hydrogen-bond donors (Lipinski definition) is 1. The third-order valence-electron chi connectivity index (χ3n) is 5.84. The number of thioether (sulfide) groups is 1. The van der Waals surface area contributed by atoms with Crippen LogP contribution in [0, 0.1) is 0 Å². The fourth-order valence-electron chi connectivity index (χ4n) is 4.22. The van der Waals surface area contributed by atoms with Gasteiger partial charge in [-0.15, -0.1) is 0 Å². The molecule has 9 nitrogen and oxygen atoms in total. The molecule has 1 saturated heterocycles. The third-order valence-corrected chi connectivity index (χ3v) is 6.86. The van der Waals surface area contributed by atoms with Crippen LogP contribution in [0.25, 0.3) is 0 Å². The van der Waals surface area contributed by atoms with E-state index in [1.54, 1.807) is 22.9 Å². The number of ether oxygens (including phenoxy) is 2. The van der Waals surface area contributed by atoms with Crippen LogP contribution in [0.3, 0.4) is 0 Å². The van der Waals surface area contributed by atoms with E-state index in [0.29, 0.717) is 22.2 Å². The molecule has 1 amide bonds. The van der Waals surface area contributed by atoms with Gasteiger partial charge in [-0.05, 0) is 38.4 Å². The molecule has 1 aromatic carbocycles. The maximum Gasteiger partial charge on any atom is 0.367 e. The molecule has 1 N–H and O–H groups in total. The summed E-state index contributed by atoms with van der Waals surface area (Å²) in [5.74, 6) is 1.33. The highest BCUT2D eigenvalue weighted by molar-refractivity contribution is 8.00. The van der Waals surface area contributed by atoms with Crippen LogP contribution in [-0.4, -0.2) is 66.2 Å². The van der Waals surface area contributed by atoms with Gasteiger partial charge in [-0.25, -0.2) is 9.47 Å². The van der Waals surface area contributed by atoms with Crippen molar-refractivity contribution in [3.05, 3.63) is 39.9 Å². The smallest absolute Gasteiger partial charge is 0.367 e. The van der Waals surface area contributed by atoms with E-state index in [1.807, 2.05) is 0 Å². The van der Waals surface area contributed by atoms with Gasteiger partial charge in [0.05, 0.1) is 11.4 Å². The van der Waals surface area contributed by atoms with Crippen molar-refractivity contribution in [1.29, 1.82) is 0 Å². The Morgan fingerprint density at radius 1 is 1.16 bits per heavy atom. The fraction of sp³-hybridized carbons (Fsp3) is 0.476. The van der Waals surface area contributed by atoms with E-state index in [-0.39, 0.29) is 24.1 Å². The number of benzene rings is 1. The summed E-state index contributed by atoms with van der Waals surface area (Å²) in [5, 5.41) is 5.67. The van der Waals surface area contributed by atoms with Crippen LogP contribution in [-0.2, 0) is 17.6 Å². The molecule has 0 unspecified atom stereocenters. The molecule has 3 heterocycles. The average Bonchev–Trinajstić information content (AvgIpc) is 3.42. The molecule has 0 saturated carbocycles. The van der Waals surface area contributed by atoms with Gasteiger partial charge >= 0.3 is 5.69 Å². The lowest BCUT2D eigenvalue weighted by Gasteiger charge is -2.35. The second-order valence-corrected chi connectivity index (χ2v) is 8.92. The van der Waals surface area contributed by atoms with Crippen LogP contribution in [0.4, 0.5) is 5.69 Å². The Kier molecular flexibility index (Phi) is 5.49. The molecule has 1 aromatic heterocycles. The van der Waals surface area contributed by atoms with Gasteiger partial charge < -0.3 is 24.7 Å². The third kappa shape index (κ3) is 4.09. The van der Waals surface area contributed by atoms with E-state index < -0.39 is 0 Å². The first-order valence-corrected chi connectivity index (χ1v) is 11.5. The number of likely N-dealkylation sites (N-methyl/N-ethyl adjacent to an activating group) is 1. The normalized spacial score (nSPS) is 17.6. The Balaban J connectivity index is 1.29. The van der Waals surface area contributed by atoms with Crippen molar-refractivity contribution in [3.63, 3.8) is 0 Å². The summed E-state index contributed by atoms with van der Waals surface area (Å²) in [5.41, 5.74) is 2.57. The SMILES string of the molecule is CN1CCN(n2c3c(c(SCC(=O)Nc4ccc5c(c4)OCO5)nc2=O)CCC3)CC1. The molecule has 10 heteroatoms. The number of piperazine rings is 1. The van der Waals surface area contributed by atoms with E-state index in [0.717, 1.165) is 56.7 Å². The minimum atomic E-state index is -0.246. The van der Waals surface area contributed by atoms with Crippen molar-refractivity contribution < 1.29 is 14.3 Å². The largest absolute Gasteiger partial charge is 0.454 e. The number of aromatic nitrogens is 2. The lowest BCUT2D eigenvalue weighted by atomic mass is 10.3. The molecule has 2 aliphatic heterocycles. The Hall–Kier alpha value is -2.72. The first-order valence-electron chi connectivity index (χ1n) is 10.5. The maximum absolute atomic E-state index is 12.9. The highest BCUT2D eigenvalue weighted by Gasteiger charge is 2.26. The monoisotopic (exact) mass is 443 g/mol. The van der Waals surface area contributed by atoms with Crippen LogP contribution in [0.15, 0.2) is 28.0 Å². The summed E-state index contributed by atoms with van der Waals surface area (Å²) < 4.78 is 12.4. The number of hydrogen-bond acceptors (Lipinski definition) is 8. The van der Waals surface area contributed by atoms with Crippen molar-refractivity contribution in [2.75, 3.05) is 56.1 Å². The predicted octanol–water partition coefficient (Wildman–Crippen LogP) is 1.07. The van der Waals surface area contributed by atoms with E-state index in [2.05, 4.69) is 27.3 Å². The predicted molar refractivity (Wildman–Crippen MR) is 118 cm³/mol. The van der Waals surface area contributed by atoms with Crippen LogP contribution < -0.4 is 25.5 Å². The topological polar surface area (TPSA) is 88.9 Å². The summed E-state index contributed by atoms with van der Waals surface area (Å²) in [6.45, 7) is 3.68. The summed E-state index contributed by atoms with van der Waals surface area (Å²) in [6.07, 6.45) is 2.77. The molecule has 3 aliphatic rings.